The summed E-state index contributed by atoms with van der Waals surface area (Å²) in [6.07, 6.45) is 7.07. The minimum Gasteiger partial charge on any atom is -0.478 e. The third-order valence-electron chi connectivity index (χ3n) is 5.29. The maximum Gasteiger partial charge on any atom is 0.338 e. The van der Waals surface area contributed by atoms with Crippen LogP contribution < -0.4 is 0 Å². The van der Waals surface area contributed by atoms with E-state index in [4.69, 9.17) is 5.11 Å². The first-order valence-corrected chi connectivity index (χ1v) is 9.11. The predicted molar refractivity (Wildman–Crippen MR) is 101 cm³/mol. The van der Waals surface area contributed by atoms with Crippen LogP contribution in [0, 0.1) is 0 Å². The molecule has 2 aromatic heterocycles. The molecule has 0 saturated carbocycles. The van der Waals surface area contributed by atoms with E-state index in [0.717, 1.165) is 35.9 Å². The van der Waals surface area contributed by atoms with Crippen molar-refractivity contribution in [3.8, 4) is 0 Å². The lowest BCUT2D eigenvalue weighted by Crippen LogP contribution is -2.41. The topological polar surface area (TPSA) is 80.4 Å². The molecule has 0 radical (unpaired) electrons. The molecule has 1 atom stereocenters. The molecule has 1 saturated heterocycles. The Morgan fingerprint density at radius 2 is 2.07 bits per heavy atom. The molecule has 1 aliphatic rings. The van der Waals surface area contributed by atoms with E-state index in [9.17, 15) is 9.59 Å². The van der Waals surface area contributed by atoms with E-state index in [1.54, 1.807) is 10.9 Å². The number of aryl methyl sites for hydroxylation is 1. The van der Waals surface area contributed by atoms with Gasteiger partial charge in [0.25, 0.3) is 0 Å². The lowest BCUT2D eigenvalue weighted by Gasteiger charge is -2.33. The number of hydrogen-bond acceptors (Lipinski definition) is 3. The van der Waals surface area contributed by atoms with Gasteiger partial charge in [-0.05, 0) is 24.5 Å². The number of carbonyl (C=O) groups excluding carboxylic acids is 1. The van der Waals surface area contributed by atoms with Crippen LogP contribution >= 0.6 is 0 Å². The molecule has 27 heavy (non-hydrogen) atoms. The molecular weight excluding hydrogens is 344 g/mol. The number of rotatable bonds is 4. The van der Waals surface area contributed by atoms with Crippen molar-refractivity contribution in [2.24, 2.45) is 7.05 Å². The third kappa shape index (κ3) is 3.32. The Morgan fingerprint density at radius 1 is 1.26 bits per heavy atom. The van der Waals surface area contributed by atoms with E-state index in [0.29, 0.717) is 13.0 Å². The first-order valence-electron chi connectivity index (χ1n) is 9.11. The Kier molecular flexibility index (Phi) is 4.43. The van der Waals surface area contributed by atoms with E-state index in [1.165, 1.54) is 6.20 Å². The molecular formula is C20H22N4O3. The summed E-state index contributed by atoms with van der Waals surface area (Å²) >= 11 is 0. The quantitative estimate of drug-likeness (QED) is 0.769. The second-order valence-corrected chi connectivity index (χ2v) is 7.11. The molecule has 140 valence electrons. The highest BCUT2D eigenvalue weighted by molar-refractivity contribution is 5.89. The molecule has 0 aliphatic carbocycles. The highest BCUT2D eigenvalue weighted by Crippen LogP contribution is 2.24. The SMILES string of the molecule is Cn1cc(CC(=O)N2CCCC(n3cc(C(=O)O)cn3)C2)c2ccccc21. The van der Waals surface area contributed by atoms with Crippen molar-refractivity contribution >= 4 is 22.8 Å². The predicted octanol–water partition coefficient (Wildman–Crippen LogP) is 2.48. The van der Waals surface area contributed by atoms with Crippen molar-refractivity contribution in [1.29, 1.82) is 0 Å². The van der Waals surface area contributed by atoms with Crippen molar-refractivity contribution in [2.45, 2.75) is 25.3 Å². The Morgan fingerprint density at radius 3 is 2.85 bits per heavy atom. The van der Waals surface area contributed by atoms with Crippen LogP contribution in [0.2, 0.25) is 0 Å². The van der Waals surface area contributed by atoms with Gasteiger partial charge >= 0.3 is 5.97 Å². The summed E-state index contributed by atoms with van der Waals surface area (Å²) in [5.41, 5.74) is 2.33. The number of piperidine rings is 1. The molecule has 1 unspecified atom stereocenters. The Balaban J connectivity index is 1.49. The zero-order valence-electron chi connectivity index (χ0n) is 15.2. The minimum atomic E-state index is -0.985. The smallest absolute Gasteiger partial charge is 0.338 e. The van der Waals surface area contributed by atoms with Gasteiger partial charge in [0, 0.05) is 43.4 Å². The molecule has 1 aliphatic heterocycles. The maximum absolute atomic E-state index is 12.9. The summed E-state index contributed by atoms with van der Waals surface area (Å²) in [7, 11) is 1.99. The van der Waals surface area contributed by atoms with E-state index in [2.05, 4.69) is 11.2 Å². The van der Waals surface area contributed by atoms with E-state index in [-0.39, 0.29) is 17.5 Å². The van der Waals surface area contributed by atoms with Gasteiger partial charge in [-0.2, -0.15) is 5.10 Å². The van der Waals surface area contributed by atoms with Gasteiger partial charge in [-0.1, -0.05) is 18.2 Å². The lowest BCUT2D eigenvalue weighted by molar-refractivity contribution is -0.132. The second kappa shape index (κ2) is 6.90. The summed E-state index contributed by atoms with van der Waals surface area (Å²) in [4.78, 5) is 25.8. The van der Waals surface area contributed by atoms with Gasteiger partial charge in [-0.15, -0.1) is 0 Å². The van der Waals surface area contributed by atoms with Gasteiger partial charge in [-0.25, -0.2) is 4.79 Å². The summed E-state index contributed by atoms with van der Waals surface area (Å²) < 4.78 is 3.73. The highest BCUT2D eigenvalue weighted by Gasteiger charge is 2.26. The fourth-order valence-corrected chi connectivity index (χ4v) is 3.89. The van der Waals surface area contributed by atoms with Crippen molar-refractivity contribution in [3.63, 3.8) is 0 Å². The second-order valence-electron chi connectivity index (χ2n) is 7.11. The average Bonchev–Trinajstić information content (AvgIpc) is 3.28. The molecule has 3 aromatic rings. The van der Waals surface area contributed by atoms with Crippen LogP contribution in [0.15, 0.2) is 42.9 Å². The van der Waals surface area contributed by atoms with Crippen LogP contribution in [0.1, 0.15) is 34.8 Å². The van der Waals surface area contributed by atoms with E-state index in [1.807, 2.05) is 40.9 Å². The number of amides is 1. The van der Waals surface area contributed by atoms with Crippen molar-refractivity contribution < 1.29 is 14.7 Å². The fraction of sp³-hybridized carbons (Fsp3) is 0.350. The van der Waals surface area contributed by atoms with Gasteiger partial charge in [0.2, 0.25) is 5.91 Å². The number of hydrogen-bond donors (Lipinski definition) is 1. The first kappa shape index (κ1) is 17.3. The lowest BCUT2D eigenvalue weighted by atomic mass is 10.0. The Bertz CT molecular complexity index is 1000. The summed E-state index contributed by atoms with van der Waals surface area (Å²) in [6.45, 7) is 1.29. The standard InChI is InChI=1S/C20H22N4O3/c1-22-11-14(17-6-2-3-7-18(17)22)9-19(25)23-8-4-5-16(13-23)24-12-15(10-21-24)20(26)27/h2-3,6-7,10-12,16H,4-5,8-9,13H2,1H3,(H,26,27). The van der Waals surface area contributed by atoms with Gasteiger partial charge in [0.1, 0.15) is 0 Å². The Labute approximate surface area is 156 Å². The molecule has 4 rings (SSSR count). The third-order valence-corrected chi connectivity index (χ3v) is 5.29. The molecule has 7 heteroatoms. The minimum absolute atomic E-state index is 0.0170. The summed E-state index contributed by atoms with van der Waals surface area (Å²) in [5, 5.41) is 14.4. The molecule has 1 fully saturated rings. The number of benzene rings is 1. The number of carbonyl (C=O) groups is 2. The van der Waals surface area contributed by atoms with Crippen molar-refractivity contribution in [3.05, 3.63) is 54.0 Å². The molecule has 1 aromatic carbocycles. The van der Waals surface area contributed by atoms with E-state index < -0.39 is 5.97 Å². The van der Waals surface area contributed by atoms with Crippen molar-refractivity contribution in [1.82, 2.24) is 19.2 Å². The van der Waals surface area contributed by atoms with Crippen LogP contribution in [0.4, 0.5) is 0 Å². The molecule has 0 bridgehead atoms. The molecule has 3 heterocycles. The normalized spacial score (nSPS) is 17.4. The number of aromatic nitrogens is 3. The van der Waals surface area contributed by atoms with E-state index >= 15 is 0 Å². The monoisotopic (exact) mass is 366 g/mol. The molecule has 0 spiro atoms. The Hall–Kier alpha value is -3.09. The zero-order chi connectivity index (χ0) is 19.0. The number of carboxylic acids is 1. The van der Waals surface area contributed by atoms with Gasteiger partial charge < -0.3 is 14.6 Å². The van der Waals surface area contributed by atoms with Crippen LogP contribution in [0.3, 0.4) is 0 Å². The maximum atomic E-state index is 12.9. The molecule has 1 N–H and O–H groups in total. The number of nitrogens with zero attached hydrogens (tertiary/aromatic N) is 4. The summed E-state index contributed by atoms with van der Waals surface area (Å²) in [6, 6.07) is 8.11. The van der Waals surface area contributed by atoms with Crippen LogP contribution in [-0.2, 0) is 18.3 Å². The largest absolute Gasteiger partial charge is 0.478 e. The average molecular weight is 366 g/mol. The van der Waals surface area contributed by atoms with Gasteiger partial charge in [0.15, 0.2) is 0 Å². The van der Waals surface area contributed by atoms with Crippen LogP contribution in [0.25, 0.3) is 10.9 Å². The van der Waals surface area contributed by atoms with Gasteiger partial charge in [-0.3, -0.25) is 9.48 Å². The number of para-hydroxylation sites is 1. The summed E-state index contributed by atoms with van der Waals surface area (Å²) in [5.74, 6) is -0.886. The number of fused-ring (bicyclic) bond motifs is 1. The number of carboxylic acid groups (broad SMARTS) is 1. The molecule has 7 nitrogen and oxygen atoms in total. The first-order chi connectivity index (χ1) is 13.0. The highest BCUT2D eigenvalue weighted by atomic mass is 16.4. The molecule has 1 amide bonds. The number of likely N-dealkylation sites (tertiary alicyclic amines) is 1. The van der Waals surface area contributed by atoms with Gasteiger partial charge in [0.05, 0.1) is 24.2 Å². The van der Waals surface area contributed by atoms with Crippen molar-refractivity contribution in [2.75, 3.05) is 13.1 Å². The van der Waals surface area contributed by atoms with Crippen LogP contribution in [-0.4, -0.2) is 49.3 Å². The zero-order valence-corrected chi connectivity index (χ0v) is 15.2. The van der Waals surface area contributed by atoms with Crippen LogP contribution in [0.5, 0.6) is 0 Å². The number of aromatic carboxylic acids is 1. The fourth-order valence-electron chi connectivity index (χ4n) is 3.89.